The molecule has 3 N–H and O–H groups in total. The van der Waals surface area contributed by atoms with Gasteiger partial charge < -0.3 is 34.5 Å². The average Bonchev–Trinajstić information content (AvgIpc) is 2.87. The number of aliphatic hydroxyl groups excluding tert-OH is 1. The summed E-state index contributed by atoms with van der Waals surface area (Å²) in [6.07, 6.45) is -0.756. The molecular weight excluding hydrogens is 443 g/mol. The molecule has 0 aliphatic rings. The Bertz CT molecular complexity index is 922. The number of carbonyl (C=O) groups is 3. The molecule has 2 aromatic carbocycles. The van der Waals surface area contributed by atoms with Crippen molar-refractivity contribution >= 4 is 30.6 Å². The number of alkyl carbamates (subject to hydrolysis) is 1. The van der Waals surface area contributed by atoms with E-state index in [2.05, 4.69) is 10.6 Å². The average molecular weight is 472 g/mol. The number of aliphatic hydroxyl groups is 1. The second-order valence-electron chi connectivity index (χ2n) is 7.27. The summed E-state index contributed by atoms with van der Waals surface area (Å²) in [6, 6.07) is 13.7. The summed E-state index contributed by atoms with van der Waals surface area (Å²) in [5.41, 5.74) is 2.29. The van der Waals surface area contributed by atoms with Crippen molar-refractivity contribution in [1.29, 1.82) is 0 Å². The highest BCUT2D eigenvalue weighted by atomic mass is 16.6. The van der Waals surface area contributed by atoms with E-state index in [0.29, 0.717) is 0 Å². The third-order valence-electron chi connectivity index (χ3n) is 4.93. The molecule has 0 unspecified atom stereocenters. The zero-order valence-electron chi connectivity index (χ0n) is 19.4. The van der Waals surface area contributed by atoms with Crippen LogP contribution in [0.3, 0.4) is 0 Å². The van der Waals surface area contributed by atoms with Gasteiger partial charge in [-0.1, -0.05) is 54.6 Å². The lowest BCUT2D eigenvalue weighted by Crippen LogP contribution is -2.54. The lowest BCUT2D eigenvalue weighted by Gasteiger charge is -2.21. The summed E-state index contributed by atoms with van der Waals surface area (Å²) in [5.74, 6) is -1.43. The highest BCUT2D eigenvalue weighted by Gasteiger charge is 2.28. The molecule has 0 saturated carbocycles. The Kier molecular flexibility index (Phi) is 11.0. The normalized spacial score (nSPS) is 12.2. The van der Waals surface area contributed by atoms with Crippen LogP contribution in [-0.4, -0.2) is 70.2 Å². The molecule has 0 bridgehead atoms. The molecule has 0 aliphatic carbocycles. The molecule has 11 heteroatoms. The van der Waals surface area contributed by atoms with E-state index >= 15 is 0 Å². The van der Waals surface area contributed by atoms with Gasteiger partial charge in [0, 0.05) is 20.6 Å². The minimum Gasteiger partial charge on any atom is -0.467 e. The molecule has 0 heterocycles. The summed E-state index contributed by atoms with van der Waals surface area (Å²) < 4.78 is 20.3. The van der Waals surface area contributed by atoms with Crippen molar-refractivity contribution in [2.24, 2.45) is 0 Å². The van der Waals surface area contributed by atoms with E-state index in [0.717, 1.165) is 16.6 Å². The Morgan fingerprint density at radius 2 is 1.53 bits per heavy atom. The third kappa shape index (κ3) is 8.18. The van der Waals surface area contributed by atoms with Crippen LogP contribution in [0.2, 0.25) is 0 Å². The van der Waals surface area contributed by atoms with Crippen molar-refractivity contribution in [2.45, 2.75) is 25.1 Å². The first-order chi connectivity index (χ1) is 16.4. The number of methoxy groups -OCH3 is 1. The van der Waals surface area contributed by atoms with Crippen LogP contribution in [0, 0.1) is 0 Å². The van der Waals surface area contributed by atoms with Crippen LogP contribution < -0.4 is 16.1 Å². The lowest BCUT2D eigenvalue weighted by atomic mass is 9.78. The smallest absolute Gasteiger partial charge is 0.467 e. The van der Waals surface area contributed by atoms with Crippen molar-refractivity contribution in [3.8, 4) is 0 Å². The molecule has 2 atom stereocenters. The predicted molar refractivity (Wildman–Crippen MR) is 124 cm³/mol. The van der Waals surface area contributed by atoms with Gasteiger partial charge in [0.05, 0.1) is 13.7 Å². The molecule has 2 amide bonds. The Hall–Kier alpha value is -3.41. The third-order valence-corrected chi connectivity index (χ3v) is 4.93. The predicted octanol–water partition coefficient (Wildman–Crippen LogP) is 0.162. The zero-order valence-corrected chi connectivity index (χ0v) is 19.4. The summed E-state index contributed by atoms with van der Waals surface area (Å²) in [7, 11) is 3.72. The molecule has 0 saturated heterocycles. The molecule has 2 aromatic rings. The standard InChI is InChI=1S/C23H29BN2O8/c1-31-22(29)19(13-16-9-11-18(12-10-16)24(32-2)33-3)25-21(28)20(14-27)26-23(30)34-15-17-7-5-4-6-8-17/h4-12,19-20,27H,13-15H2,1-3H3,(H,25,28)(H,26,30)/t19-,20+/m1/s1. The quantitative estimate of drug-likeness (QED) is 0.294. The van der Waals surface area contributed by atoms with E-state index in [9.17, 15) is 19.5 Å². The number of ether oxygens (including phenoxy) is 2. The molecule has 0 aliphatic heterocycles. The fraction of sp³-hybridized carbons (Fsp3) is 0.348. The number of hydrogen-bond acceptors (Lipinski definition) is 8. The summed E-state index contributed by atoms with van der Waals surface area (Å²) >= 11 is 0. The fourth-order valence-electron chi connectivity index (χ4n) is 3.12. The number of esters is 1. The van der Waals surface area contributed by atoms with Gasteiger partial charge in [-0.3, -0.25) is 4.79 Å². The number of nitrogens with one attached hydrogen (secondary N) is 2. The van der Waals surface area contributed by atoms with Gasteiger partial charge in [0.25, 0.3) is 0 Å². The zero-order chi connectivity index (χ0) is 24.9. The van der Waals surface area contributed by atoms with Crippen molar-refractivity contribution in [3.63, 3.8) is 0 Å². The summed E-state index contributed by atoms with van der Waals surface area (Å²) in [6.45, 7) is -0.690. The molecule has 0 fully saturated rings. The van der Waals surface area contributed by atoms with Crippen LogP contribution >= 0.6 is 0 Å². The maximum Gasteiger partial charge on any atom is 0.493 e. The molecular formula is C23H29BN2O8. The highest BCUT2D eigenvalue weighted by Crippen LogP contribution is 2.06. The first-order valence-electron chi connectivity index (χ1n) is 10.5. The Morgan fingerprint density at radius 3 is 2.09 bits per heavy atom. The second kappa shape index (κ2) is 14.0. The number of benzene rings is 2. The monoisotopic (exact) mass is 472 g/mol. The van der Waals surface area contributed by atoms with Crippen LogP contribution in [0.4, 0.5) is 4.79 Å². The molecule has 0 spiro atoms. The van der Waals surface area contributed by atoms with E-state index in [-0.39, 0.29) is 13.0 Å². The maximum atomic E-state index is 12.6. The first kappa shape index (κ1) is 26.8. The van der Waals surface area contributed by atoms with Gasteiger partial charge >= 0.3 is 19.2 Å². The Morgan fingerprint density at radius 1 is 0.882 bits per heavy atom. The minimum atomic E-state index is -1.32. The number of amides is 2. The van der Waals surface area contributed by atoms with Crippen LogP contribution in [0.1, 0.15) is 11.1 Å². The van der Waals surface area contributed by atoms with Gasteiger partial charge in [-0.05, 0) is 16.6 Å². The largest absolute Gasteiger partial charge is 0.493 e. The van der Waals surface area contributed by atoms with Crippen LogP contribution in [-0.2, 0) is 41.4 Å². The van der Waals surface area contributed by atoms with Crippen LogP contribution in [0.25, 0.3) is 0 Å². The molecule has 0 radical (unpaired) electrons. The fourth-order valence-corrected chi connectivity index (χ4v) is 3.12. The summed E-state index contributed by atoms with van der Waals surface area (Å²) in [4.78, 5) is 37.0. The Balaban J connectivity index is 1.98. The molecule has 2 rings (SSSR count). The number of rotatable bonds is 12. The minimum absolute atomic E-state index is 0.000220. The van der Waals surface area contributed by atoms with E-state index in [1.54, 1.807) is 48.5 Å². The van der Waals surface area contributed by atoms with Crippen molar-refractivity contribution in [2.75, 3.05) is 27.9 Å². The van der Waals surface area contributed by atoms with Gasteiger partial charge in [0.1, 0.15) is 18.7 Å². The molecule has 10 nitrogen and oxygen atoms in total. The SMILES string of the molecule is COB(OC)c1ccc(C[C@@H](NC(=O)[C@H](CO)NC(=O)OCc2ccccc2)C(=O)OC)cc1. The lowest BCUT2D eigenvalue weighted by molar-refractivity contribution is -0.145. The maximum absolute atomic E-state index is 12.6. The van der Waals surface area contributed by atoms with Gasteiger partial charge in [-0.2, -0.15) is 0 Å². The van der Waals surface area contributed by atoms with Crippen molar-refractivity contribution < 1.29 is 38.3 Å². The number of carbonyl (C=O) groups excluding carboxylic acids is 3. The van der Waals surface area contributed by atoms with Crippen molar-refractivity contribution in [1.82, 2.24) is 10.6 Å². The van der Waals surface area contributed by atoms with Crippen molar-refractivity contribution in [3.05, 3.63) is 65.7 Å². The van der Waals surface area contributed by atoms with Gasteiger partial charge in [-0.25, -0.2) is 9.59 Å². The van der Waals surface area contributed by atoms with E-state index in [4.69, 9.17) is 18.8 Å². The molecule has 182 valence electrons. The first-order valence-corrected chi connectivity index (χ1v) is 10.5. The molecule has 0 aromatic heterocycles. The summed E-state index contributed by atoms with van der Waals surface area (Å²) in [5, 5.41) is 14.4. The number of hydrogen-bond donors (Lipinski definition) is 3. The topological polar surface area (TPSA) is 132 Å². The van der Waals surface area contributed by atoms with Crippen LogP contribution in [0.15, 0.2) is 54.6 Å². The van der Waals surface area contributed by atoms with E-state index in [1.165, 1.54) is 21.3 Å². The van der Waals surface area contributed by atoms with Crippen LogP contribution in [0.5, 0.6) is 0 Å². The molecule has 34 heavy (non-hydrogen) atoms. The van der Waals surface area contributed by atoms with Gasteiger partial charge in [-0.15, -0.1) is 0 Å². The highest BCUT2D eigenvalue weighted by molar-refractivity contribution is 6.61. The Labute approximate surface area is 198 Å². The van der Waals surface area contributed by atoms with Gasteiger partial charge in [0.2, 0.25) is 5.91 Å². The van der Waals surface area contributed by atoms with E-state index < -0.39 is 43.8 Å². The second-order valence-corrected chi connectivity index (χ2v) is 7.27. The van der Waals surface area contributed by atoms with E-state index in [1.807, 2.05) is 6.07 Å². The van der Waals surface area contributed by atoms with Gasteiger partial charge in [0.15, 0.2) is 0 Å².